The maximum Gasteiger partial charge on any atom is 0.326 e. The second kappa shape index (κ2) is 9.98. The van der Waals surface area contributed by atoms with E-state index in [-0.39, 0.29) is 12.3 Å². The number of thiol groups is 1. The summed E-state index contributed by atoms with van der Waals surface area (Å²) < 4.78 is 5.36. The third-order valence-corrected chi connectivity index (χ3v) is 5.17. The van der Waals surface area contributed by atoms with Crippen molar-refractivity contribution in [3.05, 3.63) is 84.1 Å². The number of carbonyl (C=O) groups excluding carboxylic acids is 1. The Bertz CT molecular complexity index is 923. The topological polar surface area (TPSA) is 79.5 Å². The minimum atomic E-state index is -1.06. The molecule has 0 spiro atoms. The van der Waals surface area contributed by atoms with Gasteiger partial charge in [-0.3, -0.25) is 4.79 Å². The molecule has 0 aliphatic rings. The van der Waals surface area contributed by atoms with Gasteiger partial charge in [0.15, 0.2) is 0 Å². The van der Waals surface area contributed by atoms with Gasteiger partial charge in [0.1, 0.15) is 11.8 Å². The van der Waals surface area contributed by atoms with Crippen molar-refractivity contribution >= 4 is 24.5 Å². The summed E-state index contributed by atoms with van der Waals surface area (Å²) in [6, 6.07) is 19.7. The number of hydrogen-bond donors (Lipinski definition) is 3. The van der Waals surface area contributed by atoms with Crippen molar-refractivity contribution < 1.29 is 19.1 Å². The Morgan fingerprint density at radius 1 is 0.931 bits per heavy atom. The Kier molecular flexibility index (Phi) is 7.14. The summed E-state index contributed by atoms with van der Waals surface area (Å²) in [7, 11) is 0. The maximum atomic E-state index is 12.7. The highest BCUT2D eigenvalue weighted by atomic mass is 32.1. The Morgan fingerprint density at radius 2 is 1.62 bits per heavy atom. The van der Waals surface area contributed by atoms with Gasteiger partial charge in [0.05, 0.1) is 12.2 Å². The van der Waals surface area contributed by atoms with Crippen LogP contribution in [0.1, 0.15) is 11.1 Å². The van der Waals surface area contributed by atoms with E-state index in [0.29, 0.717) is 12.2 Å². The van der Waals surface area contributed by atoms with Crippen molar-refractivity contribution in [1.82, 2.24) is 5.32 Å². The predicted octanol–water partition coefficient (Wildman–Crippen LogP) is 3.85. The van der Waals surface area contributed by atoms with Crippen molar-refractivity contribution in [3.63, 3.8) is 0 Å². The lowest BCUT2D eigenvalue weighted by molar-refractivity contribution is -0.142. The van der Waals surface area contributed by atoms with Gasteiger partial charge in [0, 0.05) is 17.7 Å². The maximum absolute atomic E-state index is 12.7. The monoisotopic (exact) mass is 409 g/mol. The summed E-state index contributed by atoms with van der Waals surface area (Å²) in [6.45, 7) is 0. The average Bonchev–Trinajstić information content (AvgIpc) is 3.27. The fourth-order valence-electron chi connectivity index (χ4n) is 3.11. The first-order chi connectivity index (χ1) is 14.1. The lowest BCUT2D eigenvalue weighted by Crippen LogP contribution is -2.45. The summed E-state index contributed by atoms with van der Waals surface area (Å²) in [5, 5.41) is 12.3. The van der Waals surface area contributed by atoms with Crippen LogP contribution in [-0.4, -0.2) is 28.8 Å². The third kappa shape index (κ3) is 5.74. The third-order valence-electron chi connectivity index (χ3n) is 4.73. The molecule has 0 fully saturated rings. The number of rotatable bonds is 9. The van der Waals surface area contributed by atoms with Crippen molar-refractivity contribution in [3.8, 4) is 11.3 Å². The molecule has 2 aromatic carbocycles. The van der Waals surface area contributed by atoms with Crippen molar-refractivity contribution in [2.45, 2.75) is 18.9 Å². The molecule has 5 nitrogen and oxygen atoms in total. The minimum absolute atomic E-state index is 0.199. The zero-order chi connectivity index (χ0) is 20.6. The Balaban J connectivity index is 1.64. The Labute approximate surface area is 175 Å². The molecule has 29 heavy (non-hydrogen) atoms. The molecule has 0 saturated heterocycles. The molecule has 3 rings (SSSR count). The van der Waals surface area contributed by atoms with E-state index in [1.165, 1.54) is 0 Å². The number of amides is 1. The van der Waals surface area contributed by atoms with Crippen LogP contribution >= 0.6 is 12.6 Å². The number of nitrogens with one attached hydrogen (secondary N) is 1. The first-order valence-electron chi connectivity index (χ1n) is 9.37. The molecule has 1 heterocycles. The fourth-order valence-corrected chi connectivity index (χ4v) is 3.41. The standard InChI is InChI=1S/C23H23NO4S/c25-22(19(15-29)13-16-5-2-1-3-6-16)24-20(23(26)27)14-17-8-10-18(11-9-17)21-7-4-12-28-21/h1-12,19-20,29H,13-15H2,(H,24,25)(H,26,27). The number of benzene rings is 2. The van der Waals surface area contributed by atoms with Crippen LogP contribution in [0, 0.1) is 5.92 Å². The summed E-state index contributed by atoms with van der Waals surface area (Å²) >= 11 is 4.28. The van der Waals surface area contributed by atoms with E-state index in [2.05, 4.69) is 17.9 Å². The van der Waals surface area contributed by atoms with Crippen LogP contribution < -0.4 is 5.32 Å². The molecule has 3 aromatic rings. The van der Waals surface area contributed by atoms with Gasteiger partial charge in [0.25, 0.3) is 0 Å². The van der Waals surface area contributed by atoms with Crippen LogP contribution in [0.25, 0.3) is 11.3 Å². The van der Waals surface area contributed by atoms with Gasteiger partial charge < -0.3 is 14.8 Å². The van der Waals surface area contributed by atoms with Crippen LogP contribution in [0.3, 0.4) is 0 Å². The van der Waals surface area contributed by atoms with E-state index in [9.17, 15) is 14.7 Å². The van der Waals surface area contributed by atoms with Crippen LogP contribution in [0.5, 0.6) is 0 Å². The lowest BCUT2D eigenvalue weighted by atomic mass is 9.98. The average molecular weight is 410 g/mol. The highest BCUT2D eigenvalue weighted by Crippen LogP contribution is 2.20. The van der Waals surface area contributed by atoms with E-state index >= 15 is 0 Å². The Hall–Kier alpha value is -2.99. The molecule has 6 heteroatoms. The van der Waals surface area contributed by atoms with Crippen LogP contribution in [-0.2, 0) is 22.4 Å². The summed E-state index contributed by atoms with van der Waals surface area (Å²) in [5.74, 6) is -0.680. The first-order valence-corrected chi connectivity index (χ1v) is 10.0. The van der Waals surface area contributed by atoms with Crippen LogP contribution in [0.4, 0.5) is 0 Å². The molecule has 0 saturated carbocycles. The van der Waals surface area contributed by atoms with E-state index in [1.54, 1.807) is 6.26 Å². The zero-order valence-electron chi connectivity index (χ0n) is 15.8. The van der Waals surface area contributed by atoms with Crippen molar-refractivity contribution in [2.75, 3.05) is 5.75 Å². The summed E-state index contributed by atoms with van der Waals surface area (Å²) in [4.78, 5) is 24.4. The molecule has 0 aliphatic carbocycles. The van der Waals surface area contributed by atoms with Gasteiger partial charge in [-0.05, 0) is 29.7 Å². The van der Waals surface area contributed by atoms with Crippen molar-refractivity contribution in [2.24, 2.45) is 5.92 Å². The molecule has 1 aromatic heterocycles. The highest BCUT2D eigenvalue weighted by Gasteiger charge is 2.25. The molecular weight excluding hydrogens is 386 g/mol. The number of carboxylic acids is 1. The molecule has 2 unspecified atom stereocenters. The van der Waals surface area contributed by atoms with Crippen LogP contribution in [0.15, 0.2) is 77.4 Å². The quantitative estimate of drug-likeness (QED) is 0.469. The van der Waals surface area contributed by atoms with Gasteiger partial charge in [-0.2, -0.15) is 12.6 Å². The molecule has 1 amide bonds. The van der Waals surface area contributed by atoms with Gasteiger partial charge in [-0.1, -0.05) is 54.6 Å². The molecular formula is C23H23NO4S. The van der Waals surface area contributed by atoms with Gasteiger partial charge in [-0.15, -0.1) is 0 Å². The minimum Gasteiger partial charge on any atom is -0.480 e. The number of carbonyl (C=O) groups is 2. The second-order valence-corrected chi connectivity index (χ2v) is 7.21. The second-order valence-electron chi connectivity index (χ2n) is 6.85. The number of furan rings is 1. The van der Waals surface area contributed by atoms with Gasteiger partial charge in [0.2, 0.25) is 5.91 Å². The van der Waals surface area contributed by atoms with E-state index < -0.39 is 17.9 Å². The SMILES string of the molecule is O=C(NC(Cc1ccc(-c2ccco2)cc1)C(=O)O)C(CS)Cc1ccccc1. The molecule has 2 N–H and O–H groups in total. The largest absolute Gasteiger partial charge is 0.480 e. The van der Waals surface area contributed by atoms with E-state index in [0.717, 1.165) is 22.5 Å². The molecule has 150 valence electrons. The first kappa shape index (κ1) is 20.7. The Morgan fingerprint density at radius 3 is 2.21 bits per heavy atom. The molecule has 0 aliphatic heterocycles. The normalized spacial score (nSPS) is 12.9. The van der Waals surface area contributed by atoms with Gasteiger partial charge >= 0.3 is 5.97 Å². The molecule has 0 radical (unpaired) electrons. The highest BCUT2D eigenvalue weighted by molar-refractivity contribution is 7.80. The number of hydrogen-bond acceptors (Lipinski definition) is 4. The molecule has 2 atom stereocenters. The number of aliphatic carboxylic acids is 1. The van der Waals surface area contributed by atoms with Crippen molar-refractivity contribution in [1.29, 1.82) is 0 Å². The lowest BCUT2D eigenvalue weighted by Gasteiger charge is -2.19. The zero-order valence-corrected chi connectivity index (χ0v) is 16.7. The number of carboxylic acid groups (broad SMARTS) is 1. The summed E-state index contributed by atoms with van der Waals surface area (Å²) in [6.07, 6.45) is 2.32. The summed E-state index contributed by atoms with van der Waals surface area (Å²) in [5.41, 5.74) is 2.74. The van der Waals surface area contributed by atoms with E-state index in [1.807, 2.05) is 66.7 Å². The van der Waals surface area contributed by atoms with E-state index in [4.69, 9.17) is 4.42 Å². The smallest absolute Gasteiger partial charge is 0.326 e. The fraction of sp³-hybridized carbons (Fsp3) is 0.217. The van der Waals surface area contributed by atoms with Gasteiger partial charge in [-0.25, -0.2) is 4.79 Å². The molecule has 0 bridgehead atoms. The van der Waals surface area contributed by atoms with Crippen LogP contribution in [0.2, 0.25) is 0 Å². The predicted molar refractivity (Wildman–Crippen MR) is 115 cm³/mol.